The monoisotopic (exact) mass is 431 g/mol. The Morgan fingerprint density at radius 3 is 2.74 bits per heavy atom. The molecular weight excluding hydrogens is 410 g/mol. The molecule has 0 aliphatic rings. The van der Waals surface area contributed by atoms with Gasteiger partial charge in [-0.3, -0.25) is 4.79 Å². The van der Waals surface area contributed by atoms with Crippen molar-refractivity contribution in [3.63, 3.8) is 0 Å². The summed E-state index contributed by atoms with van der Waals surface area (Å²) >= 11 is 1.62. The summed E-state index contributed by atoms with van der Waals surface area (Å²) < 4.78 is 3.60. The lowest BCUT2D eigenvalue weighted by atomic mass is 10.2. The van der Waals surface area contributed by atoms with Crippen LogP contribution < -0.4 is 5.32 Å². The number of carbonyl (C=O) groups is 1. The summed E-state index contributed by atoms with van der Waals surface area (Å²) in [6.45, 7) is 6.25. The second-order valence-corrected chi connectivity index (χ2v) is 8.52. The highest BCUT2D eigenvalue weighted by atomic mass is 32.1. The first-order chi connectivity index (χ1) is 15.0. The predicted octanol–water partition coefficient (Wildman–Crippen LogP) is 3.72. The fourth-order valence-electron chi connectivity index (χ4n) is 3.82. The molecule has 1 atom stereocenters. The number of thiophene rings is 1. The number of aryl methyl sites for hydroxylation is 2. The summed E-state index contributed by atoms with van der Waals surface area (Å²) in [5, 5.41) is 19.2. The standard InChI is InChI=1S/C22H21N7OS/c1-13-11-14(2)29(27-13)22-24-20-19(25-26-22)17-8-4-5-9-18(17)28(20)15(3)21(30)23-12-16-7-6-10-31-16/h4-11,15H,12H2,1-3H3,(H,23,30)/t15-/m1/s1. The number of para-hydroxylation sites is 1. The van der Waals surface area contributed by atoms with Gasteiger partial charge in [0.15, 0.2) is 5.65 Å². The van der Waals surface area contributed by atoms with Gasteiger partial charge in [0.25, 0.3) is 5.95 Å². The second-order valence-electron chi connectivity index (χ2n) is 7.48. The van der Waals surface area contributed by atoms with E-state index >= 15 is 0 Å². The zero-order valence-corrected chi connectivity index (χ0v) is 18.2. The largest absolute Gasteiger partial charge is 0.349 e. The third-order valence-corrected chi connectivity index (χ3v) is 6.16. The highest BCUT2D eigenvalue weighted by molar-refractivity contribution is 7.09. The average molecular weight is 432 g/mol. The van der Waals surface area contributed by atoms with Crippen LogP contribution in [-0.4, -0.2) is 35.4 Å². The van der Waals surface area contributed by atoms with E-state index < -0.39 is 6.04 Å². The van der Waals surface area contributed by atoms with Crippen LogP contribution in [0.5, 0.6) is 0 Å². The first-order valence-corrected chi connectivity index (χ1v) is 10.9. The molecule has 0 aliphatic carbocycles. The molecule has 0 radical (unpaired) electrons. The van der Waals surface area contributed by atoms with E-state index in [0.29, 0.717) is 23.7 Å². The molecule has 8 nitrogen and oxygen atoms in total. The van der Waals surface area contributed by atoms with Gasteiger partial charge in [-0.05, 0) is 44.4 Å². The number of hydrogen-bond donors (Lipinski definition) is 1. The van der Waals surface area contributed by atoms with E-state index in [1.807, 2.05) is 73.2 Å². The maximum Gasteiger partial charge on any atom is 0.272 e. The molecule has 4 heterocycles. The normalized spacial score (nSPS) is 12.5. The van der Waals surface area contributed by atoms with E-state index in [2.05, 4.69) is 20.6 Å². The Kier molecular flexibility index (Phi) is 4.74. The Hall–Kier alpha value is -3.59. The zero-order valence-electron chi connectivity index (χ0n) is 17.4. The lowest BCUT2D eigenvalue weighted by Crippen LogP contribution is -2.30. The van der Waals surface area contributed by atoms with Crippen LogP contribution in [0.3, 0.4) is 0 Å². The Labute approximate surface area is 182 Å². The molecule has 0 unspecified atom stereocenters. The van der Waals surface area contributed by atoms with Gasteiger partial charge in [0.2, 0.25) is 5.91 Å². The molecule has 9 heteroatoms. The van der Waals surface area contributed by atoms with Crippen LogP contribution >= 0.6 is 11.3 Å². The Balaban J connectivity index is 1.61. The van der Waals surface area contributed by atoms with Crippen LogP contribution in [0.1, 0.15) is 29.2 Å². The van der Waals surface area contributed by atoms with E-state index in [1.165, 1.54) is 0 Å². The van der Waals surface area contributed by atoms with Gasteiger partial charge < -0.3 is 9.88 Å². The number of aromatic nitrogens is 6. The van der Waals surface area contributed by atoms with Crippen LogP contribution in [-0.2, 0) is 11.3 Å². The van der Waals surface area contributed by atoms with Gasteiger partial charge in [-0.2, -0.15) is 10.1 Å². The molecule has 0 saturated heterocycles. The third-order valence-electron chi connectivity index (χ3n) is 5.29. The minimum Gasteiger partial charge on any atom is -0.349 e. The summed E-state index contributed by atoms with van der Waals surface area (Å²) in [7, 11) is 0. The SMILES string of the molecule is Cc1cc(C)n(-c2nnc3c4ccccc4n([C@H](C)C(=O)NCc4cccs4)c3n2)n1. The van der Waals surface area contributed by atoms with E-state index in [9.17, 15) is 4.79 Å². The van der Waals surface area contributed by atoms with Crippen molar-refractivity contribution in [2.24, 2.45) is 0 Å². The molecule has 31 heavy (non-hydrogen) atoms. The Morgan fingerprint density at radius 1 is 1.16 bits per heavy atom. The van der Waals surface area contributed by atoms with Crippen molar-refractivity contribution in [3.05, 3.63) is 64.1 Å². The fourth-order valence-corrected chi connectivity index (χ4v) is 4.46. The highest BCUT2D eigenvalue weighted by Crippen LogP contribution is 2.29. The smallest absolute Gasteiger partial charge is 0.272 e. The molecule has 5 rings (SSSR count). The fraction of sp³-hybridized carbons (Fsp3) is 0.227. The van der Waals surface area contributed by atoms with Gasteiger partial charge in [-0.15, -0.1) is 21.5 Å². The van der Waals surface area contributed by atoms with Gasteiger partial charge in [0.1, 0.15) is 11.6 Å². The van der Waals surface area contributed by atoms with Crippen molar-refractivity contribution in [2.75, 3.05) is 0 Å². The van der Waals surface area contributed by atoms with Crippen molar-refractivity contribution in [1.29, 1.82) is 0 Å². The molecular formula is C22H21N7OS. The molecule has 156 valence electrons. The van der Waals surface area contributed by atoms with Gasteiger partial charge >= 0.3 is 0 Å². The van der Waals surface area contributed by atoms with Crippen molar-refractivity contribution >= 4 is 39.3 Å². The summed E-state index contributed by atoms with van der Waals surface area (Å²) in [4.78, 5) is 18.9. The van der Waals surface area contributed by atoms with Gasteiger partial charge in [-0.25, -0.2) is 4.68 Å². The van der Waals surface area contributed by atoms with Crippen LogP contribution in [0.15, 0.2) is 47.8 Å². The van der Waals surface area contributed by atoms with Gasteiger partial charge in [0.05, 0.1) is 17.8 Å². The maximum absolute atomic E-state index is 13.0. The summed E-state index contributed by atoms with van der Waals surface area (Å²) in [5.41, 5.74) is 3.96. The quantitative estimate of drug-likeness (QED) is 0.458. The maximum atomic E-state index is 13.0. The number of benzene rings is 1. The molecule has 1 aromatic carbocycles. The number of carbonyl (C=O) groups excluding carboxylic acids is 1. The molecule has 0 fully saturated rings. The molecule has 0 saturated carbocycles. The molecule has 5 aromatic rings. The Bertz CT molecular complexity index is 1400. The van der Waals surface area contributed by atoms with E-state index in [0.717, 1.165) is 27.2 Å². The van der Waals surface area contributed by atoms with E-state index in [1.54, 1.807) is 16.0 Å². The molecule has 0 aliphatic heterocycles. The zero-order chi connectivity index (χ0) is 21.5. The van der Waals surface area contributed by atoms with Crippen LogP contribution in [0, 0.1) is 13.8 Å². The number of nitrogens with zero attached hydrogens (tertiary/aromatic N) is 6. The molecule has 4 aromatic heterocycles. The molecule has 1 amide bonds. The summed E-state index contributed by atoms with van der Waals surface area (Å²) in [6.07, 6.45) is 0. The Morgan fingerprint density at radius 2 is 2.00 bits per heavy atom. The number of nitrogens with one attached hydrogen (secondary N) is 1. The second kappa shape index (κ2) is 7.59. The topological polar surface area (TPSA) is 90.5 Å². The molecule has 0 spiro atoms. The minimum atomic E-state index is -0.479. The van der Waals surface area contributed by atoms with Crippen molar-refractivity contribution in [3.8, 4) is 5.95 Å². The number of rotatable bonds is 5. The third kappa shape index (κ3) is 3.36. The average Bonchev–Trinajstić information content (AvgIpc) is 3.48. The number of fused-ring (bicyclic) bond motifs is 3. The highest BCUT2D eigenvalue weighted by Gasteiger charge is 2.23. The van der Waals surface area contributed by atoms with Crippen molar-refractivity contribution in [1.82, 2.24) is 34.8 Å². The van der Waals surface area contributed by atoms with E-state index in [-0.39, 0.29) is 5.91 Å². The van der Waals surface area contributed by atoms with E-state index in [4.69, 9.17) is 4.98 Å². The molecule has 1 N–H and O–H groups in total. The minimum absolute atomic E-state index is 0.0812. The number of hydrogen-bond acceptors (Lipinski definition) is 6. The number of amides is 1. The predicted molar refractivity (Wildman–Crippen MR) is 120 cm³/mol. The summed E-state index contributed by atoms with van der Waals surface area (Å²) in [6, 6.07) is 13.3. The van der Waals surface area contributed by atoms with Crippen LogP contribution in [0.2, 0.25) is 0 Å². The lowest BCUT2D eigenvalue weighted by Gasteiger charge is -2.16. The van der Waals surface area contributed by atoms with Crippen molar-refractivity contribution < 1.29 is 4.79 Å². The van der Waals surface area contributed by atoms with Gasteiger partial charge in [-0.1, -0.05) is 24.3 Å². The lowest BCUT2D eigenvalue weighted by molar-refractivity contribution is -0.123. The molecule has 0 bridgehead atoms. The first-order valence-electron chi connectivity index (χ1n) is 10.00. The van der Waals surface area contributed by atoms with Crippen LogP contribution in [0.25, 0.3) is 28.0 Å². The van der Waals surface area contributed by atoms with Gasteiger partial charge in [0, 0.05) is 16.0 Å². The van der Waals surface area contributed by atoms with Crippen molar-refractivity contribution in [2.45, 2.75) is 33.4 Å². The van der Waals surface area contributed by atoms with Crippen LogP contribution in [0.4, 0.5) is 0 Å². The first kappa shape index (κ1) is 19.4. The summed E-state index contributed by atoms with van der Waals surface area (Å²) in [5.74, 6) is 0.302.